The van der Waals surface area contributed by atoms with E-state index < -0.39 is 0 Å². The van der Waals surface area contributed by atoms with Gasteiger partial charge in [0.25, 0.3) is 0 Å². The Labute approximate surface area is 333 Å². The number of allylic oxidation sites excluding steroid dienone is 2. The average molecular weight is 749 g/mol. The molecule has 0 bridgehead atoms. The second-order valence-electron chi connectivity index (χ2n) is 14.2. The Morgan fingerprint density at radius 2 is 0.875 bits per heavy atom. The van der Waals surface area contributed by atoms with Gasteiger partial charge in [0.05, 0.1) is 59.0 Å². The highest BCUT2D eigenvalue weighted by molar-refractivity contribution is 5.93. The van der Waals surface area contributed by atoms with Gasteiger partial charge in [-0.1, -0.05) is 152 Å². The van der Waals surface area contributed by atoms with Crippen LogP contribution in [0, 0.1) is 22.7 Å². The summed E-state index contributed by atoms with van der Waals surface area (Å²) >= 11 is 0. The SMILES string of the molecule is CCCCCCCCCOc1nn(-c2ccccc2)cc1/C=C(\C#N)c1ccc(/C(C#N)=C/c2cn(-c3ccccc3)nc2OCCCCCCCCC)cc1. The molecule has 5 aromatic rings. The van der Waals surface area contributed by atoms with E-state index in [1.807, 2.05) is 109 Å². The van der Waals surface area contributed by atoms with Crippen LogP contribution >= 0.6 is 0 Å². The molecule has 0 fully saturated rings. The molecular formula is C48H56N6O2. The quantitative estimate of drug-likeness (QED) is 0.0460. The zero-order valence-corrected chi connectivity index (χ0v) is 33.2. The molecule has 8 heteroatoms. The van der Waals surface area contributed by atoms with Crippen LogP contribution in [-0.4, -0.2) is 32.8 Å². The number of rotatable bonds is 24. The molecule has 0 aliphatic rings. The Kier molecular flexibility index (Phi) is 17.1. The number of hydrogen-bond donors (Lipinski definition) is 0. The summed E-state index contributed by atoms with van der Waals surface area (Å²) in [5, 5.41) is 30.1. The van der Waals surface area contributed by atoms with Crippen LogP contribution in [0.2, 0.25) is 0 Å². The third-order valence-corrected chi connectivity index (χ3v) is 9.78. The van der Waals surface area contributed by atoms with Crippen molar-refractivity contribution >= 4 is 23.3 Å². The molecule has 0 saturated heterocycles. The van der Waals surface area contributed by atoms with Gasteiger partial charge in [-0.05, 0) is 60.4 Å². The molecule has 2 heterocycles. The Hall–Kier alpha value is -5.86. The molecule has 0 unspecified atom stereocenters. The predicted octanol–water partition coefficient (Wildman–Crippen LogP) is 12.4. The van der Waals surface area contributed by atoms with Gasteiger partial charge in [-0.15, -0.1) is 10.2 Å². The Morgan fingerprint density at radius 1 is 0.518 bits per heavy atom. The van der Waals surface area contributed by atoms with Crippen molar-refractivity contribution in [3.05, 3.63) is 120 Å². The van der Waals surface area contributed by atoms with Crippen LogP contribution in [0.4, 0.5) is 0 Å². The highest BCUT2D eigenvalue weighted by atomic mass is 16.5. The zero-order valence-electron chi connectivity index (χ0n) is 33.2. The number of hydrogen-bond acceptors (Lipinski definition) is 6. The van der Waals surface area contributed by atoms with Crippen molar-refractivity contribution in [3.63, 3.8) is 0 Å². The number of nitriles is 2. The minimum Gasteiger partial charge on any atom is -0.476 e. The molecule has 8 nitrogen and oxygen atoms in total. The van der Waals surface area contributed by atoms with Crippen molar-refractivity contribution in [1.29, 1.82) is 10.5 Å². The van der Waals surface area contributed by atoms with Crippen LogP contribution in [0.3, 0.4) is 0 Å². The molecule has 290 valence electrons. The van der Waals surface area contributed by atoms with Gasteiger partial charge in [-0.3, -0.25) is 0 Å². The maximum Gasteiger partial charge on any atom is 0.240 e. The van der Waals surface area contributed by atoms with Crippen molar-refractivity contribution in [1.82, 2.24) is 19.6 Å². The third kappa shape index (κ3) is 12.6. The number of para-hydroxylation sites is 2. The van der Waals surface area contributed by atoms with Crippen molar-refractivity contribution in [3.8, 4) is 35.3 Å². The van der Waals surface area contributed by atoms with Gasteiger partial charge < -0.3 is 9.47 Å². The fourth-order valence-corrected chi connectivity index (χ4v) is 6.55. The normalized spacial score (nSPS) is 11.6. The van der Waals surface area contributed by atoms with E-state index in [1.54, 1.807) is 9.36 Å². The first-order valence-corrected chi connectivity index (χ1v) is 20.5. The minimum absolute atomic E-state index is 0.470. The molecule has 5 rings (SSSR count). The smallest absolute Gasteiger partial charge is 0.240 e. The van der Waals surface area contributed by atoms with E-state index in [1.165, 1.54) is 64.2 Å². The van der Waals surface area contributed by atoms with Crippen molar-refractivity contribution in [2.45, 2.75) is 104 Å². The van der Waals surface area contributed by atoms with E-state index in [2.05, 4.69) is 26.0 Å². The molecule has 0 aliphatic heterocycles. The summed E-state index contributed by atoms with van der Waals surface area (Å²) < 4.78 is 16.0. The van der Waals surface area contributed by atoms with Gasteiger partial charge in [-0.25, -0.2) is 9.36 Å². The van der Waals surface area contributed by atoms with Crippen molar-refractivity contribution in [2.75, 3.05) is 13.2 Å². The molecule has 0 amide bonds. The van der Waals surface area contributed by atoms with E-state index in [0.29, 0.717) is 36.1 Å². The molecule has 2 aromatic heterocycles. The summed E-state index contributed by atoms with van der Waals surface area (Å²) in [6.07, 6.45) is 24.2. The number of nitrogens with zero attached hydrogens (tertiary/aromatic N) is 6. The average Bonchev–Trinajstić information content (AvgIpc) is 3.85. The molecule has 0 spiro atoms. The molecule has 0 saturated carbocycles. The summed E-state index contributed by atoms with van der Waals surface area (Å²) in [4.78, 5) is 0. The van der Waals surface area contributed by atoms with E-state index in [4.69, 9.17) is 19.7 Å². The Bertz CT molecular complexity index is 1900. The molecule has 0 atom stereocenters. The maximum atomic E-state index is 10.3. The molecule has 56 heavy (non-hydrogen) atoms. The largest absolute Gasteiger partial charge is 0.476 e. The second kappa shape index (κ2) is 23.1. The summed E-state index contributed by atoms with van der Waals surface area (Å²) in [5.41, 5.74) is 5.68. The summed E-state index contributed by atoms with van der Waals surface area (Å²) in [6.45, 7) is 5.60. The number of ether oxygens (including phenoxy) is 2. The number of benzene rings is 3. The van der Waals surface area contributed by atoms with Gasteiger partial charge in [-0.2, -0.15) is 10.5 Å². The van der Waals surface area contributed by atoms with E-state index >= 15 is 0 Å². The van der Waals surface area contributed by atoms with Gasteiger partial charge in [0.15, 0.2) is 0 Å². The van der Waals surface area contributed by atoms with Crippen LogP contribution in [0.1, 0.15) is 126 Å². The number of aromatic nitrogens is 4. The Morgan fingerprint density at radius 3 is 1.23 bits per heavy atom. The lowest BCUT2D eigenvalue weighted by atomic mass is 9.99. The number of unbranched alkanes of at least 4 members (excludes halogenated alkanes) is 12. The fourth-order valence-electron chi connectivity index (χ4n) is 6.55. The Balaban J connectivity index is 1.33. The van der Waals surface area contributed by atoms with Gasteiger partial charge in [0, 0.05) is 12.4 Å². The van der Waals surface area contributed by atoms with Gasteiger partial charge >= 0.3 is 0 Å². The van der Waals surface area contributed by atoms with Crippen LogP contribution in [0.15, 0.2) is 97.3 Å². The van der Waals surface area contributed by atoms with Crippen LogP contribution in [0.5, 0.6) is 11.8 Å². The zero-order chi connectivity index (χ0) is 39.2. The second-order valence-corrected chi connectivity index (χ2v) is 14.2. The summed E-state index contributed by atoms with van der Waals surface area (Å²) in [6, 6.07) is 32.0. The van der Waals surface area contributed by atoms with Crippen LogP contribution < -0.4 is 9.47 Å². The van der Waals surface area contributed by atoms with Crippen molar-refractivity contribution < 1.29 is 9.47 Å². The van der Waals surface area contributed by atoms with Gasteiger partial charge in [0.2, 0.25) is 11.8 Å². The standard InChI is InChI=1S/C48H56N6O2/c1-3-5-7-9-11-13-21-31-55-47-43(37-53(51-47)45-23-17-15-18-24-45)33-41(35-49)39-27-29-40(30-28-39)42(36-50)34-44-38-54(46-25-19-16-20-26-46)52-48(44)56-32-22-14-12-10-8-6-4-2/h15-20,23-30,33-34,37-38H,3-14,21-22,31-32H2,1-2H3/b41-33+,42-34+. The van der Waals surface area contributed by atoms with Crippen LogP contribution in [-0.2, 0) is 0 Å². The van der Waals surface area contributed by atoms with E-state index in [0.717, 1.165) is 59.3 Å². The highest BCUT2D eigenvalue weighted by Gasteiger charge is 2.15. The first-order chi connectivity index (χ1) is 27.6. The summed E-state index contributed by atoms with van der Waals surface area (Å²) in [7, 11) is 0. The first-order valence-electron chi connectivity index (χ1n) is 20.5. The third-order valence-electron chi connectivity index (χ3n) is 9.78. The molecule has 0 aliphatic carbocycles. The lowest BCUT2D eigenvalue weighted by molar-refractivity contribution is 0.290. The molecule has 0 radical (unpaired) electrons. The highest BCUT2D eigenvalue weighted by Crippen LogP contribution is 2.29. The van der Waals surface area contributed by atoms with Crippen LogP contribution in [0.25, 0.3) is 34.7 Å². The fraction of sp³-hybridized carbons (Fsp3) is 0.375. The predicted molar refractivity (Wildman–Crippen MR) is 228 cm³/mol. The lowest BCUT2D eigenvalue weighted by Crippen LogP contribution is -2.00. The molecule has 3 aromatic carbocycles. The lowest BCUT2D eigenvalue weighted by Gasteiger charge is -2.06. The van der Waals surface area contributed by atoms with E-state index in [9.17, 15) is 10.5 Å². The molecular weight excluding hydrogens is 693 g/mol. The van der Waals surface area contributed by atoms with Gasteiger partial charge in [0.1, 0.15) is 0 Å². The van der Waals surface area contributed by atoms with Crippen molar-refractivity contribution in [2.24, 2.45) is 0 Å². The first kappa shape index (κ1) is 41.3. The minimum atomic E-state index is 0.470. The summed E-state index contributed by atoms with van der Waals surface area (Å²) in [5.74, 6) is 1.000. The van der Waals surface area contributed by atoms with E-state index in [-0.39, 0.29) is 0 Å². The topological polar surface area (TPSA) is 102 Å². The molecule has 0 N–H and O–H groups in total. The monoisotopic (exact) mass is 748 g/mol. The maximum absolute atomic E-state index is 10.3.